The molecule has 0 aliphatic carbocycles. The van der Waals surface area contributed by atoms with Crippen LogP contribution < -0.4 is 0 Å². The van der Waals surface area contributed by atoms with Crippen LogP contribution in [0.5, 0.6) is 0 Å². The summed E-state index contributed by atoms with van der Waals surface area (Å²) in [6.07, 6.45) is 8.59. The molecule has 17 heavy (non-hydrogen) atoms. The van der Waals surface area contributed by atoms with Gasteiger partial charge < -0.3 is 4.55 Å². The van der Waals surface area contributed by atoms with Crippen LogP contribution in [-0.2, 0) is 17.5 Å². The molecule has 1 atom stereocenters. The summed E-state index contributed by atoms with van der Waals surface area (Å²) in [7, 11) is 0. The molecule has 3 heteroatoms. The van der Waals surface area contributed by atoms with Gasteiger partial charge in [-0.2, -0.15) is 0 Å². The molecule has 0 aromatic heterocycles. The molecule has 0 N–H and O–H groups in total. The molecule has 0 saturated heterocycles. The van der Waals surface area contributed by atoms with Crippen molar-refractivity contribution < 1.29 is 8.76 Å². The zero-order valence-corrected chi connectivity index (χ0v) is 11.3. The molecule has 0 bridgehead atoms. The fraction of sp³-hybridized carbons (Fsp3) is 0.571. The van der Waals surface area contributed by atoms with Crippen LogP contribution in [-0.4, -0.2) is 8.76 Å². The van der Waals surface area contributed by atoms with Crippen LogP contribution >= 0.6 is 0 Å². The number of unbranched alkanes of at least 4 members (excludes halogenated alkanes) is 5. The quantitative estimate of drug-likeness (QED) is 0.522. The normalized spacial score (nSPS) is 12.6. The Balaban J connectivity index is 2.27. The van der Waals surface area contributed by atoms with Crippen LogP contribution in [0.3, 0.4) is 0 Å². The molecule has 1 aromatic rings. The average molecular weight is 253 g/mol. The fourth-order valence-corrected chi connectivity index (χ4v) is 2.35. The number of hydrogen-bond acceptors (Lipinski definition) is 2. The standard InChI is InChI=1S/C14H22O2S/c1-2-3-4-5-6-7-9-13-10-8-11-14(12-13)17(15)16/h8,10-12H,2-7,9H2,1H3,(H,15,16)/p-1. The molecule has 0 heterocycles. The summed E-state index contributed by atoms with van der Waals surface area (Å²) in [5.74, 6) is 0. The van der Waals surface area contributed by atoms with Crippen molar-refractivity contribution in [1.82, 2.24) is 0 Å². The Bertz CT molecular complexity index is 350. The molecule has 0 saturated carbocycles. The van der Waals surface area contributed by atoms with Crippen molar-refractivity contribution in [2.24, 2.45) is 0 Å². The van der Waals surface area contributed by atoms with E-state index in [0.29, 0.717) is 4.90 Å². The molecule has 96 valence electrons. The zero-order chi connectivity index (χ0) is 12.5. The number of hydrogen-bond donors (Lipinski definition) is 0. The van der Waals surface area contributed by atoms with Crippen molar-refractivity contribution in [3.05, 3.63) is 29.8 Å². The molecular weight excluding hydrogens is 232 g/mol. The summed E-state index contributed by atoms with van der Waals surface area (Å²) in [5.41, 5.74) is 1.13. The van der Waals surface area contributed by atoms with Crippen molar-refractivity contribution in [2.45, 2.75) is 56.8 Å². The van der Waals surface area contributed by atoms with E-state index in [2.05, 4.69) is 6.92 Å². The third-order valence-electron chi connectivity index (χ3n) is 2.91. The van der Waals surface area contributed by atoms with Gasteiger partial charge in [0, 0.05) is 4.90 Å². The van der Waals surface area contributed by atoms with E-state index in [0.717, 1.165) is 18.4 Å². The SMILES string of the molecule is CCCCCCCCc1cccc(S(=O)[O-])c1. The van der Waals surface area contributed by atoms with Gasteiger partial charge in [0.25, 0.3) is 0 Å². The second-order valence-corrected chi connectivity index (χ2v) is 5.34. The van der Waals surface area contributed by atoms with Gasteiger partial charge in [-0.25, -0.2) is 0 Å². The van der Waals surface area contributed by atoms with E-state index >= 15 is 0 Å². The third kappa shape index (κ3) is 5.99. The first-order chi connectivity index (χ1) is 8.24. The van der Waals surface area contributed by atoms with Crippen LogP contribution in [0.15, 0.2) is 29.2 Å². The Morgan fingerprint density at radius 2 is 1.82 bits per heavy atom. The number of benzene rings is 1. The van der Waals surface area contributed by atoms with Crippen LogP contribution in [0.4, 0.5) is 0 Å². The summed E-state index contributed by atoms with van der Waals surface area (Å²) in [4.78, 5) is 0.397. The Kier molecular flexibility index (Phi) is 7.13. The van der Waals surface area contributed by atoms with Crippen molar-refractivity contribution in [3.63, 3.8) is 0 Å². The largest absolute Gasteiger partial charge is 0.768 e. The highest BCUT2D eigenvalue weighted by atomic mass is 32.2. The second-order valence-electron chi connectivity index (χ2n) is 4.40. The van der Waals surface area contributed by atoms with Crippen molar-refractivity contribution in [2.75, 3.05) is 0 Å². The van der Waals surface area contributed by atoms with Gasteiger partial charge >= 0.3 is 0 Å². The highest BCUT2D eigenvalue weighted by Crippen LogP contribution is 2.13. The minimum Gasteiger partial charge on any atom is -0.768 e. The van der Waals surface area contributed by atoms with E-state index in [-0.39, 0.29) is 0 Å². The highest BCUT2D eigenvalue weighted by molar-refractivity contribution is 7.79. The molecule has 0 spiro atoms. The van der Waals surface area contributed by atoms with E-state index in [1.165, 1.54) is 32.1 Å². The number of rotatable bonds is 8. The maximum absolute atomic E-state index is 10.8. The minimum absolute atomic E-state index is 0.397. The Hall–Kier alpha value is -0.670. The van der Waals surface area contributed by atoms with Crippen molar-refractivity contribution >= 4 is 11.1 Å². The molecule has 1 unspecified atom stereocenters. The Labute approximate surface area is 107 Å². The predicted molar refractivity (Wildman–Crippen MR) is 70.7 cm³/mol. The molecule has 0 fully saturated rings. The van der Waals surface area contributed by atoms with E-state index in [1.807, 2.05) is 12.1 Å². The average Bonchev–Trinajstić information content (AvgIpc) is 2.34. The summed E-state index contributed by atoms with van der Waals surface area (Å²) < 4.78 is 21.6. The lowest BCUT2D eigenvalue weighted by molar-refractivity contribution is 0.537. The first-order valence-corrected chi connectivity index (χ1v) is 7.49. The summed E-state index contributed by atoms with van der Waals surface area (Å²) in [6, 6.07) is 7.23. The van der Waals surface area contributed by atoms with Gasteiger partial charge in [-0.3, -0.25) is 4.21 Å². The molecule has 1 rings (SSSR count). The van der Waals surface area contributed by atoms with E-state index in [9.17, 15) is 8.76 Å². The summed E-state index contributed by atoms with van der Waals surface area (Å²) in [5, 5.41) is 0. The van der Waals surface area contributed by atoms with Crippen LogP contribution in [0.2, 0.25) is 0 Å². The summed E-state index contributed by atoms with van der Waals surface area (Å²) >= 11 is -2.10. The second kappa shape index (κ2) is 8.43. The fourth-order valence-electron chi connectivity index (χ4n) is 1.91. The Morgan fingerprint density at radius 3 is 2.53 bits per heavy atom. The van der Waals surface area contributed by atoms with Gasteiger partial charge in [-0.15, -0.1) is 0 Å². The van der Waals surface area contributed by atoms with Gasteiger partial charge in [0.15, 0.2) is 0 Å². The maximum atomic E-state index is 10.8. The van der Waals surface area contributed by atoms with Crippen LogP contribution in [0, 0.1) is 0 Å². The Morgan fingerprint density at radius 1 is 1.12 bits per heavy atom. The monoisotopic (exact) mass is 253 g/mol. The molecule has 0 radical (unpaired) electrons. The van der Waals surface area contributed by atoms with Crippen molar-refractivity contribution in [1.29, 1.82) is 0 Å². The lowest BCUT2D eigenvalue weighted by Crippen LogP contribution is -1.92. The van der Waals surface area contributed by atoms with Crippen molar-refractivity contribution in [3.8, 4) is 0 Å². The zero-order valence-electron chi connectivity index (χ0n) is 10.5. The van der Waals surface area contributed by atoms with Crippen LogP contribution in [0.1, 0.15) is 51.0 Å². The topological polar surface area (TPSA) is 40.1 Å². The van der Waals surface area contributed by atoms with E-state index in [4.69, 9.17) is 0 Å². The van der Waals surface area contributed by atoms with Gasteiger partial charge in [0.2, 0.25) is 0 Å². The first-order valence-electron chi connectivity index (χ1n) is 6.42. The molecule has 0 aliphatic heterocycles. The van der Waals surface area contributed by atoms with Gasteiger partial charge in [0.1, 0.15) is 0 Å². The van der Waals surface area contributed by atoms with E-state index < -0.39 is 11.1 Å². The maximum Gasteiger partial charge on any atom is 0.0251 e. The lowest BCUT2D eigenvalue weighted by Gasteiger charge is -2.07. The van der Waals surface area contributed by atoms with E-state index in [1.54, 1.807) is 12.1 Å². The highest BCUT2D eigenvalue weighted by Gasteiger charge is 1.97. The van der Waals surface area contributed by atoms with Crippen LogP contribution in [0.25, 0.3) is 0 Å². The first kappa shape index (κ1) is 14.4. The predicted octanol–water partition coefficient (Wildman–Crippen LogP) is 3.83. The molecule has 0 amide bonds. The van der Waals surface area contributed by atoms with Gasteiger partial charge in [-0.05, 0) is 41.6 Å². The molecular formula is C14H21O2S-. The minimum atomic E-state index is -2.10. The smallest absolute Gasteiger partial charge is 0.0251 e. The summed E-state index contributed by atoms with van der Waals surface area (Å²) in [6.45, 7) is 2.22. The molecule has 1 aromatic carbocycles. The third-order valence-corrected chi connectivity index (χ3v) is 3.55. The molecule has 0 aliphatic rings. The molecule has 2 nitrogen and oxygen atoms in total. The number of aryl methyl sites for hydroxylation is 1. The lowest BCUT2D eigenvalue weighted by atomic mass is 10.1. The van der Waals surface area contributed by atoms with Gasteiger partial charge in [0.05, 0.1) is 0 Å². The van der Waals surface area contributed by atoms with Gasteiger partial charge in [-0.1, -0.05) is 51.2 Å².